The van der Waals surface area contributed by atoms with Gasteiger partial charge in [0, 0.05) is 11.3 Å². The monoisotopic (exact) mass is 560 g/mol. The van der Waals surface area contributed by atoms with Crippen molar-refractivity contribution in [3.05, 3.63) is 11.6 Å². The molecule has 3 unspecified atom stereocenters. The number of hydrogen-bond donors (Lipinski definition) is 2. The SMILES string of the molecule is CC(C)(O)CCC1OC(C)(C)O[C@]1(C)[C@@H]1CC[C@@]2(O)C3=CC(=O)[C@@H]4CC5OC(C)(C)OC5C[C@]4(C)[C@@H]3CC[C@]12C. The molecule has 0 amide bonds. The highest BCUT2D eigenvalue weighted by molar-refractivity contribution is 5.95. The van der Waals surface area contributed by atoms with E-state index < -0.39 is 33.8 Å². The Bertz CT molecular complexity index is 1100. The van der Waals surface area contributed by atoms with E-state index in [1.165, 1.54) is 0 Å². The second kappa shape index (κ2) is 8.63. The fraction of sp³-hybridized carbons (Fsp3) is 0.909. The van der Waals surface area contributed by atoms with E-state index in [4.69, 9.17) is 18.9 Å². The Morgan fingerprint density at radius 1 is 0.925 bits per heavy atom. The van der Waals surface area contributed by atoms with E-state index in [1.807, 2.05) is 47.6 Å². The van der Waals surface area contributed by atoms with Crippen molar-refractivity contribution in [2.75, 3.05) is 0 Å². The van der Waals surface area contributed by atoms with Gasteiger partial charge < -0.3 is 29.2 Å². The summed E-state index contributed by atoms with van der Waals surface area (Å²) in [5.41, 5.74) is -2.28. The van der Waals surface area contributed by atoms with Crippen LogP contribution >= 0.6 is 0 Å². The lowest BCUT2D eigenvalue weighted by Crippen LogP contribution is -2.62. The highest BCUT2D eigenvalue weighted by atomic mass is 16.8. The van der Waals surface area contributed by atoms with Gasteiger partial charge in [0.05, 0.1) is 35.1 Å². The first-order valence-electron chi connectivity index (χ1n) is 15.7. The third-order valence-corrected chi connectivity index (χ3v) is 12.2. The summed E-state index contributed by atoms with van der Waals surface area (Å²) < 4.78 is 25.8. The van der Waals surface area contributed by atoms with E-state index in [9.17, 15) is 15.0 Å². The number of ether oxygens (including phenoxy) is 4. The molecular formula is C33H52O7. The second-order valence-corrected chi connectivity index (χ2v) is 16.3. The minimum atomic E-state index is -1.08. The van der Waals surface area contributed by atoms with Gasteiger partial charge >= 0.3 is 0 Å². The first kappa shape index (κ1) is 29.3. The van der Waals surface area contributed by atoms with Crippen molar-refractivity contribution in [1.29, 1.82) is 0 Å². The quantitative estimate of drug-likeness (QED) is 0.472. The molecule has 7 heteroatoms. The maximum Gasteiger partial charge on any atom is 0.164 e. The van der Waals surface area contributed by atoms with Crippen LogP contribution in [0.25, 0.3) is 0 Å². The normalized spacial score (nSPS) is 51.1. The number of fused-ring (bicyclic) bond motifs is 6. The van der Waals surface area contributed by atoms with Crippen LogP contribution in [-0.4, -0.2) is 62.7 Å². The predicted molar refractivity (Wildman–Crippen MR) is 150 cm³/mol. The van der Waals surface area contributed by atoms with Gasteiger partial charge in [0.15, 0.2) is 17.4 Å². The summed E-state index contributed by atoms with van der Waals surface area (Å²) in [6, 6.07) is 0. The summed E-state index contributed by atoms with van der Waals surface area (Å²) >= 11 is 0. The maximum absolute atomic E-state index is 13.8. The van der Waals surface area contributed by atoms with Crippen LogP contribution in [0, 0.1) is 28.6 Å². The molecule has 0 aromatic heterocycles. The largest absolute Gasteiger partial charge is 0.390 e. The van der Waals surface area contributed by atoms with Gasteiger partial charge in [-0.05, 0) is 129 Å². The number of allylic oxidation sites excluding steroid dienone is 1. The highest BCUT2D eigenvalue weighted by Crippen LogP contribution is 2.70. The van der Waals surface area contributed by atoms with Crippen LogP contribution < -0.4 is 0 Å². The average Bonchev–Trinajstić information content (AvgIpc) is 3.34. The van der Waals surface area contributed by atoms with Gasteiger partial charge in [0.1, 0.15) is 0 Å². The number of ketones is 1. The van der Waals surface area contributed by atoms with Crippen LogP contribution in [0.5, 0.6) is 0 Å². The summed E-state index contributed by atoms with van der Waals surface area (Å²) in [6.45, 7) is 18.2. The Hall–Kier alpha value is -0.830. The van der Waals surface area contributed by atoms with Crippen molar-refractivity contribution in [2.45, 2.75) is 160 Å². The number of carbonyl (C=O) groups is 1. The van der Waals surface area contributed by atoms with Gasteiger partial charge in [-0.2, -0.15) is 0 Å². The lowest BCUT2D eigenvalue weighted by molar-refractivity contribution is -0.190. The van der Waals surface area contributed by atoms with Crippen LogP contribution in [0.3, 0.4) is 0 Å². The molecule has 5 fully saturated rings. The fourth-order valence-electron chi connectivity index (χ4n) is 10.5. The molecule has 4 aliphatic carbocycles. The minimum absolute atomic E-state index is 0.0237. The Morgan fingerprint density at radius 2 is 1.60 bits per heavy atom. The Kier molecular flexibility index (Phi) is 6.31. The summed E-state index contributed by atoms with van der Waals surface area (Å²) in [6.07, 6.45) is 7.51. The van der Waals surface area contributed by atoms with Crippen LogP contribution in [0.4, 0.5) is 0 Å². The zero-order valence-corrected chi connectivity index (χ0v) is 26.1. The highest BCUT2D eigenvalue weighted by Gasteiger charge is 2.71. The summed E-state index contributed by atoms with van der Waals surface area (Å²) in [5.74, 6) is -1.17. The molecule has 0 aromatic rings. The topological polar surface area (TPSA) is 94.5 Å². The average molecular weight is 561 g/mol. The van der Waals surface area contributed by atoms with Gasteiger partial charge in [0.2, 0.25) is 0 Å². The van der Waals surface area contributed by atoms with E-state index in [2.05, 4.69) is 20.8 Å². The molecule has 0 bridgehead atoms. The smallest absolute Gasteiger partial charge is 0.164 e. The predicted octanol–water partition coefficient (Wildman–Crippen LogP) is 5.45. The van der Waals surface area contributed by atoms with Gasteiger partial charge in [-0.1, -0.05) is 13.8 Å². The van der Waals surface area contributed by atoms with Gasteiger partial charge in [-0.3, -0.25) is 4.79 Å². The molecule has 7 nitrogen and oxygen atoms in total. The van der Waals surface area contributed by atoms with Crippen LogP contribution in [0.2, 0.25) is 0 Å². The molecule has 0 aromatic carbocycles. The van der Waals surface area contributed by atoms with Crippen molar-refractivity contribution in [1.82, 2.24) is 0 Å². The van der Waals surface area contributed by atoms with E-state index in [0.717, 1.165) is 31.3 Å². The second-order valence-electron chi connectivity index (χ2n) is 16.3. The molecule has 6 aliphatic rings. The van der Waals surface area contributed by atoms with E-state index in [-0.39, 0.29) is 47.3 Å². The summed E-state index contributed by atoms with van der Waals surface area (Å²) in [7, 11) is 0. The van der Waals surface area contributed by atoms with Crippen molar-refractivity contribution in [3.8, 4) is 0 Å². The molecule has 0 radical (unpaired) electrons. The first-order valence-corrected chi connectivity index (χ1v) is 15.7. The summed E-state index contributed by atoms with van der Waals surface area (Å²) in [4.78, 5) is 13.8. The molecule has 10 atom stereocenters. The van der Waals surface area contributed by atoms with Crippen molar-refractivity contribution in [3.63, 3.8) is 0 Å². The number of hydrogen-bond acceptors (Lipinski definition) is 7. The van der Waals surface area contributed by atoms with E-state index in [1.54, 1.807) is 0 Å². The Morgan fingerprint density at radius 3 is 2.27 bits per heavy atom. The minimum Gasteiger partial charge on any atom is -0.390 e. The summed E-state index contributed by atoms with van der Waals surface area (Å²) in [5, 5.41) is 23.3. The molecule has 0 spiro atoms. The van der Waals surface area contributed by atoms with E-state index >= 15 is 0 Å². The maximum atomic E-state index is 13.8. The number of rotatable bonds is 4. The molecule has 226 valence electrons. The first-order chi connectivity index (χ1) is 18.2. The molecular weight excluding hydrogens is 508 g/mol. The van der Waals surface area contributed by atoms with Gasteiger partial charge in [0.25, 0.3) is 0 Å². The zero-order chi connectivity index (χ0) is 29.3. The molecule has 2 aliphatic heterocycles. The van der Waals surface area contributed by atoms with Crippen molar-refractivity contribution >= 4 is 5.78 Å². The van der Waals surface area contributed by atoms with E-state index in [0.29, 0.717) is 25.7 Å². The number of carbonyl (C=O) groups excluding carboxylic acids is 1. The lowest BCUT2D eigenvalue weighted by atomic mass is 9.45. The Balaban J connectivity index is 1.33. The number of aliphatic hydroxyl groups is 2. The lowest BCUT2D eigenvalue weighted by Gasteiger charge is -2.60. The zero-order valence-electron chi connectivity index (χ0n) is 26.1. The van der Waals surface area contributed by atoms with Crippen LogP contribution in [0.15, 0.2) is 11.6 Å². The standard InChI is InChI=1S/C33H52O7/c1-27(2,35)13-12-26-32(9,40-29(5,6)39-26)25-11-15-33(36)20-16-22(34)21-17-23-24(38-28(3,4)37-23)18-30(21,7)19(20)10-14-31(25,33)8/h16,19,21,23-26,35-36H,10-15,17-18H2,1-9H3/t19-,21+,23?,24?,25-,26?,30-,31-,32-,33-/m1/s1. The van der Waals surface area contributed by atoms with Crippen LogP contribution in [0.1, 0.15) is 114 Å². The van der Waals surface area contributed by atoms with Crippen molar-refractivity contribution in [2.24, 2.45) is 28.6 Å². The third-order valence-electron chi connectivity index (χ3n) is 12.2. The molecule has 3 saturated carbocycles. The molecule has 2 heterocycles. The molecule has 40 heavy (non-hydrogen) atoms. The van der Waals surface area contributed by atoms with Gasteiger partial charge in [-0.15, -0.1) is 0 Å². The van der Waals surface area contributed by atoms with Crippen LogP contribution in [-0.2, 0) is 23.7 Å². The molecule has 6 rings (SSSR count). The third kappa shape index (κ3) is 4.16. The fourth-order valence-corrected chi connectivity index (χ4v) is 10.5. The Labute approximate surface area is 240 Å². The van der Waals surface area contributed by atoms with Gasteiger partial charge in [-0.25, -0.2) is 0 Å². The van der Waals surface area contributed by atoms with Crippen molar-refractivity contribution < 1.29 is 34.0 Å². The molecule has 2 N–H and O–H groups in total. The molecule has 2 saturated heterocycles.